The fraction of sp³-hybridized carbons (Fsp3) is 0.500. The first-order chi connectivity index (χ1) is 16.2. The smallest absolute Gasteiger partial charge is 0.322 e. The molecule has 0 aromatic rings. The zero-order valence-corrected chi connectivity index (χ0v) is 18.4. The predicted octanol–water partition coefficient (Wildman–Crippen LogP) is -2.05. The number of carboxylic acid groups (broad SMARTS) is 2. The second-order valence-electron chi connectivity index (χ2n) is 6.90. The normalized spacial score (nSPS) is 18.8. The Morgan fingerprint density at radius 2 is 1.60 bits per heavy atom. The van der Waals surface area contributed by atoms with E-state index in [1.54, 1.807) is 0 Å². The van der Waals surface area contributed by atoms with Gasteiger partial charge in [-0.2, -0.15) is 0 Å². The van der Waals surface area contributed by atoms with Crippen molar-refractivity contribution >= 4 is 35.5 Å². The van der Waals surface area contributed by atoms with Crippen molar-refractivity contribution in [3.05, 3.63) is 53.9 Å². The van der Waals surface area contributed by atoms with Crippen LogP contribution in [0, 0.1) is 30.3 Å². The molecule has 6 N–H and O–H groups in total. The summed E-state index contributed by atoms with van der Waals surface area (Å²) < 4.78 is 0. The first kappa shape index (κ1) is 28.9. The van der Waals surface area contributed by atoms with E-state index in [1.165, 1.54) is 0 Å². The summed E-state index contributed by atoms with van der Waals surface area (Å²) in [6, 6.07) is -4.77. The van der Waals surface area contributed by atoms with Crippen LogP contribution in [0.1, 0.15) is 12.8 Å². The summed E-state index contributed by atoms with van der Waals surface area (Å²) in [7, 11) is 0. The van der Waals surface area contributed by atoms with E-state index in [0.717, 1.165) is 0 Å². The average Bonchev–Trinajstić information content (AvgIpc) is 2.77. The summed E-state index contributed by atoms with van der Waals surface area (Å²) in [6.07, 6.45) is 0.450. The quantitative estimate of drug-likeness (QED) is 0.122. The highest BCUT2D eigenvalue weighted by Crippen LogP contribution is 2.32. The molecule has 0 spiro atoms. The number of thioether (sulfide) groups is 1. The van der Waals surface area contributed by atoms with E-state index in [2.05, 4.69) is 5.32 Å². The lowest BCUT2D eigenvalue weighted by Crippen LogP contribution is -2.50. The molecule has 0 aromatic carbocycles. The Balaban J connectivity index is 3.10. The number of carboxylic acids is 2. The van der Waals surface area contributed by atoms with Crippen LogP contribution in [-0.2, 0) is 19.2 Å². The van der Waals surface area contributed by atoms with Gasteiger partial charge >= 0.3 is 11.9 Å². The second-order valence-corrected chi connectivity index (χ2v) is 8.04. The number of hydrogen-bond acceptors (Lipinski definition) is 12. The lowest BCUT2D eigenvalue weighted by molar-refractivity contribution is -0.505. The van der Waals surface area contributed by atoms with E-state index in [0.29, 0.717) is 23.9 Å². The summed E-state index contributed by atoms with van der Waals surface area (Å²) in [4.78, 5) is 76.8. The number of rotatable bonds is 14. The number of carbonyl (C=O) groups excluding carboxylic acids is 2. The maximum absolute atomic E-state index is 12.4. The van der Waals surface area contributed by atoms with Gasteiger partial charge in [0, 0.05) is 17.1 Å². The van der Waals surface area contributed by atoms with Gasteiger partial charge in [-0.3, -0.25) is 49.5 Å². The Bertz CT molecular complexity index is 950. The van der Waals surface area contributed by atoms with Gasteiger partial charge in [0.15, 0.2) is 5.25 Å². The SMILES string of the molecule is NC(CCC(=O)NC(CSC1C([N+](=O)[O-])=CC([N+](=O)[O-])C=C1[N+](=O)[O-])C(=O)NCC(=O)O)C(=O)O. The summed E-state index contributed by atoms with van der Waals surface area (Å²) >= 11 is 0.442. The van der Waals surface area contributed by atoms with Gasteiger partial charge in [-0.15, -0.1) is 11.8 Å². The number of nitro groups is 3. The third kappa shape index (κ3) is 8.97. The van der Waals surface area contributed by atoms with Crippen LogP contribution in [0.5, 0.6) is 0 Å². The van der Waals surface area contributed by atoms with Crippen molar-refractivity contribution < 1.29 is 44.2 Å². The number of hydrogen-bond donors (Lipinski definition) is 5. The summed E-state index contributed by atoms with van der Waals surface area (Å²) in [5, 5.41) is 53.8. The van der Waals surface area contributed by atoms with Gasteiger partial charge in [0.05, 0.1) is 22.0 Å². The largest absolute Gasteiger partial charge is 0.480 e. The fourth-order valence-electron chi connectivity index (χ4n) is 2.67. The Morgan fingerprint density at radius 3 is 2.03 bits per heavy atom. The van der Waals surface area contributed by atoms with Crippen molar-refractivity contribution in [3.63, 3.8) is 0 Å². The minimum Gasteiger partial charge on any atom is -0.480 e. The summed E-state index contributed by atoms with van der Waals surface area (Å²) in [6.45, 7) is -0.853. The predicted molar refractivity (Wildman–Crippen MR) is 115 cm³/mol. The Kier molecular flexibility index (Phi) is 10.7. The number of nitrogens with zero attached hydrogens (tertiary/aromatic N) is 3. The molecule has 0 saturated heterocycles. The summed E-state index contributed by atoms with van der Waals surface area (Å²) in [5.41, 5.74) is 3.54. The van der Waals surface area contributed by atoms with Gasteiger partial charge in [0.2, 0.25) is 11.8 Å². The molecule has 192 valence electrons. The van der Waals surface area contributed by atoms with Crippen molar-refractivity contribution in [3.8, 4) is 0 Å². The first-order valence-corrected chi connectivity index (χ1v) is 10.5. The van der Waals surface area contributed by atoms with Crippen LogP contribution in [0.4, 0.5) is 0 Å². The third-order valence-corrected chi connectivity index (χ3v) is 5.72. The van der Waals surface area contributed by atoms with Crippen molar-refractivity contribution in [2.45, 2.75) is 36.2 Å². The number of nitrogens with one attached hydrogen (secondary N) is 2. The van der Waals surface area contributed by atoms with Crippen LogP contribution in [0.3, 0.4) is 0 Å². The third-order valence-electron chi connectivity index (χ3n) is 4.38. The van der Waals surface area contributed by atoms with Crippen molar-refractivity contribution in [1.29, 1.82) is 0 Å². The molecule has 1 aliphatic carbocycles. The topological polar surface area (TPSA) is 288 Å². The van der Waals surface area contributed by atoms with E-state index in [9.17, 15) is 49.5 Å². The molecule has 1 aliphatic rings. The minimum atomic E-state index is -1.83. The number of aliphatic carboxylic acids is 2. The highest BCUT2D eigenvalue weighted by Gasteiger charge is 2.44. The number of carbonyl (C=O) groups is 4. The molecule has 2 atom stereocenters. The van der Waals surface area contributed by atoms with Gasteiger partial charge in [0.25, 0.3) is 17.4 Å². The maximum Gasteiger partial charge on any atom is 0.322 e. The van der Waals surface area contributed by atoms with Crippen molar-refractivity contribution in [2.24, 2.45) is 5.73 Å². The van der Waals surface area contributed by atoms with Gasteiger partial charge in [-0.25, -0.2) is 0 Å². The van der Waals surface area contributed by atoms with Crippen LogP contribution < -0.4 is 16.4 Å². The monoisotopic (exact) mass is 520 g/mol. The molecule has 18 nitrogen and oxygen atoms in total. The molecule has 1 rings (SSSR count). The van der Waals surface area contributed by atoms with Gasteiger partial charge in [-0.05, 0) is 6.42 Å². The molecule has 0 aromatic heterocycles. The Morgan fingerprint density at radius 1 is 1.06 bits per heavy atom. The standard InChI is InChI=1S/C16H20N6O12S/c17-8(16(27)28)1-2-12(23)19-9(15(26)18-5-13(24)25)6-35-14-10(21(31)32)3-7(20(29)30)4-11(14)22(33)34/h3-4,7-9,14H,1-2,5-6,17H2,(H,18,26)(H,19,23)(H,24,25)(H,27,28). The van der Waals surface area contributed by atoms with E-state index in [4.69, 9.17) is 15.9 Å². The molecular weight excluding hydrogens is 500 g/mol. The molecular formula is C16H20N6O12S. The van der Waals surface area contributed by atoms with Crippen LogP contribution in [-0.4, -0.2) is 84.4 Å². The van der Waals surface area contributed by atoms with Gasteiger partial charge in [0.1, 0.15) is 18.6 Å². The highest BCUT2D eigenvalue weighted by atomic mass is 32.2. The first-order valence-electron chi connectivity index (χ1n) is 9.49. The molecule has 0 saturated carbocycles. The van der Waals surface area contributed by atoms with Gasteiger partial charge in [-0.1, -0.05) is 0 Å². The average molecular weight is 520 g/mol. The van der Waals surface area contributed by atoms with E-state index in [-0.39, 0.29) is 6.42 Å². The van der Waals surface area contributed by atoms with Gasteiger partial charge < -0.3 is 26.6 Å². The van der Waals surface area contributed by atoms with E-state index in [1.807, 2.05) is 5.32 Å². The Labute approximate surface area is 199 Å². The molecule has 35 heavy (non-hydrogen) atoms. The number of amides is 2. The van der Waals surface area contributed by atoms with E-state index < -0.39 is 92.0 Å². The highest BCUT2D eigenvalue weighted by molar-refractivity contribution is 8.00. The minimum absolute atomic E-state index is 0.314. The van der Waals surface area contributed by atoms with Crippen LogP contribution in [0.25, 0.3) is 0 Å². The van der Waals surface area contributed by atoms with Crippen LogP contribution >= 0.6 is 11.8 Å². The van der Waals surface area contributed by atoms with Crippen LogP contribution in [0.2, 0.25) is 0 Å². The maximum atomic E-state index is 12.4. The van der Waals surface area contributed by atoms with E-state index >= 15 is 0 Å². The fourth-order valence-corrected chi connectivity index (χ4v) is 3.96. The zero-order valence-electron chi connectivity index (χ0n) is 17.6. The van der Waals surface area contributed by atoms with Crippen molar-refractivity contribution in [1.82, 2.24) is 10.6 Å². The van der Waals surface area contributed by atoms with Crippen LogP contribution in [0.15, 0.2) is 23.5 Å². The molecule has 0 heterocycles. The molecule has 0 bridgehead atoms. The molecule has 0 aliphatic heterocycles. The lowest BCUT2D eigenvalue weighted by Gasteiger charge is -2.21. The summed E-state index contributed by atoms with van der Waals surface area (Å²) in [5.74, 6) is -5.28. The molecule has 0 radical (unpaired) electrons. The zero-order chi connectivity index (χ0) is 26.9. The molecule has 2 amide bonds. The molecule has 2 unspecified atom stereocenters. The molecule has 0 fully saturated rings. The number of nitrogens with two attached hydrogens (primary N) is 1. The lowest BCUT2D eigenvalue weighted by atomic mass is 10.1. The molecule has 19 heteroatoms. The second kappa shape index (κ2) is 12.9. The Hall–Kier alpha value is -4.13. The van der Waals surface area contributed by atoms with Crippen molar-refractivity contribution in [2.75, 3.05) is 12.3 Å².